The maximum atomic E-state index is 9.41. The highest BCUT2D eigenvalue weighted by atomic mass is 16.5. The number of ether oxygens (including phenoxy) is 1. The van der Waals surface area contributed by atoms with E-state index in [9.17, 15) is 5.26 Å². The monoisotopic (exact) mass is 271 g/mol. The molecule has 0 aromatic carbocycles. The topological polar surface area (TPSA) is 49.1 Å². The second-order valence-electron chi connectivity index (χ2n) is 5.92. The van der Waals surface area contributed by atoms with Crippen molar-refractivity contribution in [2.45, 2.75) is 38.7 Å². The smallest absolute Gasteiger partial charge is 0.146 e. The lowest BCUT2D eigenvalue weighted by Gasteiger charge is -2.37. The molecule has 0 bridgehead atoms. The molecule has 1 aromatic heterocycles. The fourth-order valence-electron chi connectivity index (χ4n) is 3.32. The van der Waals surface area contributed by atoms with E-state index in [1.807, 2.05) is 6.07 Å². The average molecular weight is 271 g/mol. The number of hydrogen-bond acceptors (Lipinski definition) is 4. The van der Waals surface area contributed by atoms with Crippen LogP contribution in [0.25, 0.3) is 0 Å². The molecule has 0 saturated carbocycles. The molecule has 1 aliphatic heterocycles. The number of aryl methyl sites for hydroxylation is 2. The van der Waals surface area contributed by atoms with Crippen LogP contribution in [0.2, 0.25) is 0 Å². The third-order valence-electron chi connectivity index (χ3n) is 4.64. The summed E-state index contributed by atoms with van der Waals surface area (Å²) in [7, 11) is 1.77. The van der Waals surface area contributed by atoms with Crippen LogP contribution in [0, 0.1) is 17.2 Å². The number of nitriles is 1. The summed E-state index contributed by atoms with van der Waals surface area (Å²) in [5.41, 5.74) is 3.17. The Labute approximate surface area is 120 Å². The fraction of sp³-hybridized carbons (Fsp3) is 0.625. The van der Waals surface area contributed by atoms with Gasteiger partial charge in [-0.3, -0.25) is 0 Å². The first-order valence-electron chi connectivity index (χ1n) is 7.43. The molecule has 2 atom stereocenters. The van der Waals surface area contributed by atoms with E-state index in [1.165, 1.54) is 11.3 Å². The van der Waals surface area contributed by atoms with Gasteiger partial charge in [0.15, 0.2) is 0 Å². The molecule has 2 unspecified atom stereocenters. The van der Waals surface area contributed by atoms with Crippen LogP contribution < -0.4 is 4.90 Å². The zero-order chi connectivity index (χ0) is 14.1. The summed E-state index contributed by atoms with van der Waals surface area (Å²) < 4.78 is 5.57. The summed E-state index contributed by atoms with van der Waals surface area (Å²) >= 11 is 0. The van der Waals surface area contributed by atoms with Crippen molar-refractivity contribution in [3.8, 4) is 6.07 Å². The van der Waals surface area contributed by atoms with Crippen molar-refractivity contribution in [2.75, 3.05) is 25.1 Å². The Morgan fingerprint density at radius 1 is 1.45 bits per heavy atom. The molecule has 0 N–H and O–H groups in total. The lowest BCUT2D eigenvalue weighted by molar-refractivity contribution is 0.0496. The first kappa shape index (κ1) is 13.4. The van der Waals surface area contributed by atoms with Gasteiger partial charge in [0.1, 0.15) is 11.9 Å². The third-order valence-corrected chi connectivity index (χ3v) is 4.64. The van der Waals surface area contributed by atoms with Gasteiger partial charge in [-0.25, -0.2) is 4.98 Å². The van der Waals surface area contributed by atoms with Gasteiger partial charge in [-0.1, -0.05) is 6.92 Å². The molecular formula is C16H21N3O. The first-order chi connectivity index (χ1) is 9.72. The van der Waals surface area contributed by atoms with Gasteiger partial charge >= 0.3 is 0 Å². The van der Waals surface area contributed by atoms with Crippen LogP contribution in [0.5, 0.6) is 0 Å². The van der Waals surface area contributed by atoms with Crippen LogP contribution in [0.3, 0.4) is 0 Å². The molecule has 1 aliphatic carbocycles. The van der Waals surface area contributed by atoms with Gasteiger partial charge in [0.25, 0.3) is 0 Å². The predicted octanol–water partition coefficient (Wildman–Crippen LogP) is 2.30. The molecule has 1 aromatic rings. The number of pyridine rings is 1. The summed E-state index contributed by atoms with van der Waals surface area (Å²) in [6.45, 7) is 4.02. The number of aromatic nitrogens is 1. The Bertz CT molecular complexity index is 549. The number of anilines is 1. The molecule has 3 rings (SSSR count). The van der Waals surface area contributed by atoms with Gasteiger partial charge in [-0.2, -0.15) is 5.26 Å². The summed E-state index contributed by atoms with van der Waals surface area (Å²) in [6.07, 6.45) is 4.59. The molecule has 1 fully saturated rings. The lowest BCUT2D eigenvalue weighted by atomic mass is 9.95. The normalized spacial score (nSPS) is 25.4. The molecule has 0 radical (unpaired) electrons. The van der Waals surface area contributed by atoms with Crippen LogP contribution in [-0.4, -0.2) is 31.3 Å². The maximum Gasteiger partial charge on any atom is 0.146 e. The number of fused-ring (bicyclic) bond motifs is 1. The van der Waals surface area contributed by atoms with Crippen molar-refractivity contribution in [3.63, 3.8) is 0 Å². The molecule has 4 nitrogen and oxygen atoms in total. The van der Waals surface area contributed by atoms with Crippen LogP contribution >= 0.6 is 0 Å². The standard InChI is InChI=1S/C16H21N3O/c1-11-6-7-19(10-15(11)20-2)16-13(9-17)8-12-4-3-5-14(12)18-16/h8,11,15H,3-7,10H2,1-2H3. The highest BCUT2D eigenvalue weighted by Gasteiger charge is 2.29. The van der Waals surface area contributed by atoms with Gasteiger partial charge in [0, 0.05) is 25.9 Å². The quantitative estimate of drug-likeness (QED) is 0.828. The minimum Gasteiger partial charge on any atom is -0.379 e. The number of nitrogens with zero attached hydrogens (tertiary/aromatic N) is 3. The molecule has 2 aliphatic rings. The maximum absolute atomic E-state index is 9.41. The Kier molecular flexibility index (Phi) is 3.62. The van der Waals surface area contributed by atoms with E-state index in [0.29, 0.717) is 5.92 Å². The summed E-state index contributed by atoms with van der Waals surface area (Å²) in [5.74, 6) is 1.43. The average Bonchev–Trinajstić information content (AvgIpc) is 2.93. The van der Waals surface area contributed by atoms with Gasteiger partial charge in [0.05, 0.1) is 11.7 Å². The Morgan fingerprint density at radius 3 is 3.05 bits per heavy atom. The van der Waals surface area contributed by atoms with Gasteiger partial charge < -0.3 is 9.64 Å². The molecule has 0 amide bonds. The van der Waals surface area contributed by atoms with E-state index < -0.39 is 0 Å². The zero-order valence-electron chi connectivity index (χ0n) is 12.2. The zero-order valence-corrected chi connectivity index (χ0v) is 12.2. The minimum absolute atomic E-state index is 0.227. The number of rotatable bonds is 2. The van der Waals surface area contributed by atoms with Crippen molar-refractivity contribution in [1.82, 2.24) is 4.98 Å². The summed E-state index contributed by atoms with van der Waals surface area (Å²) in [4.78, 5) is 7.02. The number of methoxy groups -OCH3 is 1. The van der Waals surface area contributed by atoms with E-state index in [-0.39, 0.29) is 6.10 Å². The second-order valence-corrected chi connectivity index (χ2v) is 5.92. The highest BCUT2D eigenvalue weighted by molar-refractivity contribution is 5.57. The summed E-state index contributed by atoms with van der Waals surface area (Å²) in [6, 6.07) is 4.37. The van der Waals surface area contributed by atoms with Crippen molar-refractivity contribution >= 4 is 5.82 Å². The molecule has 4 heteroatoms. The number of piperidine rings is 1. The van der Waals surface area contributed by atoms with Crippen molar-refractivity contribution in [2.24, 2.45) is 5.92 Å². The Balaban J connectivity index is 1.92. The Hall–Kier alpha value is -1.60. The van der Waals surface area contributed by atoms with Crippen LogP contribution in [0.1, 0.15) is 36.6 Å². The van der Waals surface area contributed by atoms with Gasteiger partial charge in [-0.15, -0.1) is 0 Å². The fourth-order valence-corrected chi connectivity index (χ4v) is 3.32. The largest absolute Gasteiger partial charge is 0.379 e. The second kappa shape index (κ2) is 5.41. The van der Waals surface area contributed by atoms with Crippen LogP contribution in [0.4, 0.5) is 5.82 Å². The summed E-state index contributed by atoms with van der Waals surface area (Å²) in [5, 5.41) is 9.41. The minimum atomic E-state index is 0.227. The van der Waals surface area contributed by atoms with Crippen LogP contribution in [0.15, 0.2) is 6.07 Å². The van der Waals surface area contributed by atoms with E-state index in [2.05, 4.69) is 17.9 Å². The van der Waals surface area contributed by atoms with Gasteiger partial charge in [0.2, 0.25) is 0 Å². The SMILES string of the molecule is COC1CN(c2nc3c(cc2C#N)CCC3)CCC1C. The van der Waals surface area contributed by atoms with Crippen molar-refractivity contribution in [3.05, 3.63) is 22.9 Å². The molecule has 2 heterocycles. The van der Waals surface area contributed by atoms with E-state index in [1.54, 1.807) is 7.11 Å². The van der Waals surface area contributed by atoms with Crippen molar-refractivity contribution in [1.29, 1.82) is 5.26 Å². The van der Waals surface area contributed by atoms with Crippen molar-refractivity contribution < 1.29 is 4.74 Å². The van der Waals surface area contributed by atoms with Gasteiger partial charge in [-0.05, 0) is 43.2 Å². The van der Waals surface area contributed by atoms with Crippen LogP contribution in [-0.2, 0) is 17.6 Å². The molecule has 20 heavy (non-hydrogen) atoms. The first-order valence-corrected chi connectivity index (χ1v) is 7.43. The molecular weight excluding hydrogens is 250 g/mol. The molecule has 0 spiro atoms. The predicted molar refractivity (Wildman–Crippen MR) is 77.8 cm³/mol. The van der Waals surface area contributed by atoms with E-state index >= 15 is 0 Å². The highest BCUT2D eigenvalue weighted by Crippen LogP contribution is 2.30. The molecule has 1 saturated heterocycles. The number of hydrogen-bond donors (Lipinski definition) is 0. The lowest BCUT2D eigenvalue weighted by Crippen LogP contribution is -2.44. The van der Waals surface area contributed by atoms with E-state index in [4.69, 9.17) is 9.72 Å². The molecule has 106 valence electrons. The Morgan fingerprint density at radius 2 is 2.30 bits per heavy atom. The third kappa shape index (κ3) is 2.27. The van der Waals surface area contributed by atoms with E-state index in [0.717, 1.165) is 50.2 Å².